The lowest BCUT2D eigenvalue weighted by molar-refractivity contribution is -0.121. The van der Waals surface area contributed by atoms with Crippen molar-refractivity contribution in [1.29, 1.82) is 0 Å². The van der Waals surface area contributed by atoms with Crippen LogP contribution in [0, 0.1) is 5.92 Å². The smallest absolute Gasteiger partial charge is 0.352 e. The van der Waals surface area contributed by atoms with E-state index < -0.39 is 35.2 Å². The SMILES string of the molecule is O=C(Cn1c(=O)cnn(-c2ccc(Cl)c(C(=O)NCC3(O)CCCCCC3)c2)c1=O)NCC1CC1. The van der Waals surface area contributed by atoms with Gasteiger partial charge in [-0.2, -0.15) is 9.78 Å². The van der Waals surface area contributed by atoms with Crippen molar-refractivity contribution in [3.05, 3.63) is 55.8 Å². The van der Waals surface area contributed by atoms with E-state index in [0.29, 0.717) is 25.3 Å². The monoisotopic (exact) mass is 503 g/mol. The van der Waals surface area contributed by atoms with Gasteiger partial charge in [0.2, 0.25) is 5.91 Å². The van der Waals surface area contributed by atoms with Gasteiger partial charge in [-0.3, -0.25) is 14.4 Å². The first-order chi connectivity index (χ1) is 16.8. The molecule has 2 aromatic rings. The molecule has 1 aromatic heterocycles. The number of benzene rings is 1. The zero-order valence-corrected chi connectivity index (χ0v) is 20.2. The standard InChI is InChI=1S/C24H30ClN5O5/c25-19-8-7-17(11-18(19)22(33)27-15-24(35)9-3-1-2-4-10-24)30-23(34)29(21(32)13-28-30)14-20(31)26-12-16-5-6-16/h7-8,11,13,16,35H,1-6,9-10,12,14-15H2,(H,26,31)(H,27,33). The van der Waals surface area contributed by atoms with Gasteiger partial charge in [0.05, 0.1) is 21.9 Å². The fourth-order valence-corrected chi connectivity index (χ4v) is 4.46. The number of amides is 2. The fourth-order valence-electron chi connectivity index (χ4n) is 4.26. The topological polar surface area (TPSA) is 135 Å². The molecule has 3 N–H and O–H groups in total. The Morgan fingerprint density at radius 1 is 1.11 bits per heavy atom. The van der Waals surface area contributed by atoms with Gasteiger partial charge in [-0.05, 0) is 49.8 Å². The largest absolute Gasteiger partial charge is 0.388 e. The molecule has 2 aliphatic carbocycles. The van der Waals surface area contributed by atoms with Crippen LogP contribution in [0.2, 0.25) is 5.02 Å². The molecular formula is C24H30ClN5O5. The molecule has 0 aliphatic heterocycles. The maximum absolute atomic E-state index is 13.0. The molecule has 0 unspecified atom stereocenters. The Hall–Kier alpha value is -2.98. The van der Waals surface area contributed by atoms with Gasteiger partial charge in [-0.15, -0.1) is 0 Å². The molecule has 2 aliphatic rings. The number of carbonyl (C=O) groups excluding carboxylic acids is 2. The molecule has 0 bridgehead atoms. The van der Waals surface area contributed by atoms with E-state index in [1.807, 2.05) is 0 Å². The van der Waals surface area contributed by atoms with E-state index in [-0.39, 0.29) is 22.8 Å². The Labute approximate surface area is 207 Å². The molecule has 0 spiro atoms. The third-order valence-corrected chi connectivity index (χ3v) is 6.93. The first-order valence-electron chi connectivity index (χ1n) is 12.0. The van der Waals surface area contributed by atoms with Gasteiger partial charge in [0.1, 0.15) is 12.7 Å². The molecular weight excluding hydrogens is 474 g/mol. The predicted molar refractivity (Wildman–Crippen MR) is 130 cm³/mol. The molecule has 0 radical (unpaired) electrons. The van der Waals surface area contributed by atoms with Crippen LogP contribution in [0.5, 0.6) is 0 Å². The van der Waals surface area contributed by atoms with Gasteiger partial charge in [0.25, 0.3) is 11.5 Å². The second-order valence-electron chi connectivity index (χ2n) is 9.50. The van der Waals surface area contributed by atoms with Crippen molar-refractivity contribution in [1.82, 2.24) is 25.0 Å². The van der Waals surface area contributed by atoms with Crippen LogP contribution in [0.1, 0.15) is 61.7 Å². The summed E-state index contributed by atoms with van der Waals surface area (Å²) in [5.41, 5.74) is -2.14. The summed E-state index contributed by atoms with van der Waals surface area (Å²) in [4.78, 5) is 50.3. The Morgan fingerprint density at radius 2 is 1.83 bits per heavy atom. The molecule has 188 valence electrons. The second-order valence-corrected chi connectivity index (χ2v) is 9.90. The van der Waals surface area contributed by atoms with Crippen molar-refractivity contribution in [2.24, 2.45) is 5.92 Å². The molecule has 10 nitrogen and oxygen atoms in total. The first kappa shape index (κ1) is 25.1. The van der Waals surface area contributed by atoms with Crippen molar-refractivity contribution < 1.29 is 14.7 Å². The van der Waals surface area contributed by atoms with Crippen LogP contribution in [0.3, 0.4) is 0 Å². The maximum Gasteiger partial charge on any atom is 0.352 e. The van der Waals surface area contributed by atoms with Gasteiger partial charge >= 0.3 is 5.69 Å². The molecule has 4 rings (SSSR count). The molecule has 0 saturated heterocycles. The van der Waals surface area contributed by atoms with Crippen LogP contribution in [0.4, 0.5) is 0 Å². The van der Waals surface area contributed by atoms with Crippen LogP contribution in [0.15, 0.2) is 34.0 Å². The number of halogens is 1. The summed E-state index contributed by atoms with van der Waals surface area (Å²) in [5, 5.41) is 20.4. The summed E-state index contributed by atoms with van der Waals surface area (Å²) in [6, 6.07) is 4.34. The number of aromatic nitrogens is 3. The summed E-state index contributed by atoms with van der Waals surface area (Å²) >= 11 is 6.25. The minimum absolute atomic E-state index is 0.103. The quantitative estimate of drug-likeness (QED) is 0.466. The molecule has 1 heterocycles. The molecule has 2 amide bonds. The van der Waals surface area contributed by atoms with E-state index in [1.165, 1.54) is 18.2 Å². The Morgan fingerprint density at radius 3 is 2.51 bits per heavy atom. The van der Waals surface area contributed by atoms with Gasteiger partial charge in [-0.1, -0.05) is 37.3 Å². The van der Waals surface area contributed by atoms with Crippen molar-refractivity contribution >= 4 is 23.4 Å². The third kappa shape index (κ3) is 6.37. The summed E-state index contributed by atoms with van der Waals surface area (Å²) in [6.07, 6.45) is 8.27. The van der Waals surface area contributed by atoms with Gasteiger partial charge in [-0.25, -0.2) is 9.36 Å². The number of carbonyl (C=O) groups is 2. The van der Waals surface area contributed by atoms with Gasteiger partial charge < -0.3 is 15.7 Å². The van der Waals surface area contributed by atoms with Crippen LogP contribution >= 0.6 is 11.6 Å². The lowest BCUT2D eigenvalue weighted by atomic mass is 9.94. The van der Waals surface area contributed by atoms with Crippen LogP contribution < -0.4 is 21.9 Å². The van der Waals surface area contributed by atoms with Crippen molar-refractivity contribution in [3.63, 3.8) is 0 Å². The van der Waals surface area contributed by atoms with E-state index in [0.717, 1.165) is 54.0 Å². The summed E-state index contributed by atoms with van der Waals surface area (Å²) in [6.45, 7) is 0.204. The predicted octanol–water partition coefficient (Wildman–Crippen LogP) is 1.39. The number of hydrogen-bond acceptors (Lipinski definition) is 6. The number of rotatable bonds is 8. The molecule has 2 fully saturated rings. The molecule has 0 atom stereocenters. The minimum atomic E-state index is -0.954. The lowest BCUT2D eigenvalue weighted by Gasteiger charge is -2.26. The Bertz CT molecular complexity index is 1210. The van der Waals surface area contributed by atoms with E-state index in [1.54, 1.807) is 0 Å². The number of aliphatic hydroxyl groups is 1. The maximum atomic E-state index is 13.0. The number of nitrogens with zero attached hydrogens (tertiary/aromatic N) is 3. The average Bonchev–Trinajstić information content (AvgIpc) is 3.68. The second kappa shape index (κ2) is 10.7. The Kier molecular flexibility index (Phi) is 7.71. The Balaban J connectivity index is 1.52. The fraction of sp³-hybridized carbons (Fsp3) is 0.542. The normalized spacial score (nSPS) is 17.4. The number of nitrogens with one attached hydrogen (secondary N) is 2. The highest BCUT2D eigenvalue weighted by atomic mass is 35.5. The van der Waals surface area contributed by atoms with E-state index in [4.69, 9.17) is 11.6 Å². The van der Waals surface area contributed by atoms with E-state index in [9.17, 15) is 24.3 Å². The van der Waals surface area contributed by atoms with Crippen molar-refractivity contribution in [2.45, 2.75) is 63.5 Å². The lowest BCUT2D eigenvalue weighted by Crippen LogP contribution is -2.44. The molecule has 1 aromatic carbocycles. The summed E-state index contributed by atoms with van der Waals surface area (Å²) < 4.78 is 1.74. The van der Waals surface area contributed by atoms with E-state index >= 15 is 0 Å². The zero-order chi connectivity index (χ0) is 25.0. The van der Waals surface area contributed by atoms with Crippen molar-refractivity contribution in [2.75, 3.05) is 13.1 Å². The molecule has 2 saturated carbocycles. The average molecular weight is 504 g/mol. The van der Waals surface area contributed by atoms with Gasteiger partial charge in [0.15, 0.2) is 0 Å². The van der Waals surface area contributed by atoms with E-state index in [2.05, 4.69) is 15.7 Å². The summed E-state index contributed by atoms with van der Waals surface area (Å²) in [5.74, 6) is -0.455. The molecule has 11 heteroatoms. The van der Waals surface area contributed by atoms with Gasteiger partial charge in [0, 0.05) is 13.1 Å². The van der Waals surface area contributed by atoms with Crippen LogP contribution in [-0.4, -0.2) is 50.0 Å². The number of hydrogen-bond donors (Lipinski definition) is 3. The van der Waals surface area contributed by atoms with Crippen LogP contribution in [0.25, 0.3) is 5.69 Å². The highest BCUT2D eigenvalue weighted by molar-refractivity contribution is 6.33. The van der Waals surface area contributed by atoms with Crippen LogP contribution in [-0.2, 0) is 11.3 Å². The molecule has 35 heavy (non-hydrogen) atoms. The summed E-state index contributed by atoms with van der Waals surface area (Å²) in [7, 11) is 0. The van der Waals surface area contributed by atoms with Crippen molar-refractivity contribution in [3.8, 4) is 5.69 Å². The minimum Gasteiger partial charge on any atom is -0.388 e. The highest BCUT2D eigenvalue weighted by Gasteiger charge is 2.29. The third-order valence-electron chi connectivity index (χ3n) is 6.60. The zero-order valence-electron chi connectivity index (χ0n) is 19.5. The first-order valence-corrected chi connectivity index (χ1v) is 12.4. The highest BCUT2D eigenvalue weighted by Crippen LogP contribution is 2.28.